The van der Waals surface area contributed by atoms with Gasteiger partial charge in [-0.15, -0.1) is 0 Å². The third kappa shape index (κ3) is 2.13. The molecule has 0 aliphatic rings. The molecule has 2 rings (SSSR count). The van der Waals surface area contributed by atoms with Crippen LogP contribution in [-0.2, 0) is 0 Å². The Morgan fingerprint density at radius 1 is 0.714 bits per heavy atom. The SMILES string of the molecule is Clc1ccccc1-c1ccccc1.O. The van der Waals surface area contributed by atoms with Gasteiger partial charge in [-0.2, -0.15) is 0 Å². The van der Waals surface area contributed by atoms with Gasteiger partial charge in [0.25, 0.3) is 0 Å². The van der Waals surface area contributed by atoms with Crippen LogP contribution in [0.25, 0.3) is 11.1 Å². The van der Waals surface area contributed by atoms with Gasteiger partial charge in [-0.1, -0.05) is 60.1 Å². The molecule has 2 N–H and O–H groups in total. The summed E-state index contributed by atoms with van der Waals surface area (Å²) in [4.78, 5) is 0. The number of hydrogen-bond acceptors (Lipinski definition) is 0. The van der Waals surface area contributed by atoms with Crippen molar-refractivity contribution < 1.29 is 5.48 Å². The zero-order valence-electron chi connectivity index (χ0n) is 7.57. The van der Waals surface area contributed by atoms with Gasteiger partial charge < -0.3 is 5.48 Å². The average molecular weight is 207 g/mol. The molecular weight excluding hydrogens is 196 g/mol. The van der Waals surface area contributed by atoms with Gasteiger partial charge >= 0.3 is 0 Å². The molecule has 0 unspecified atom stereocenters. The van der Waals surface area contributed by atoms with Crippen LogP contribution in [-0.4, -0.2) is 5.48 Å². The fourth-order valence-corrected chi connectivity index (χ4v) is 1.56. The van der Waals surface area contributed by atoms with Gasteiger partial charge in [0, 0.05) is 10.6 Å². The van der Waals surface area contributed by atoms with Crippen molar-refractivity contribution in [1.29, 1.82) is 0 Å². The second-order valence-corrected chi connectivity index (χ2v) is 3.25. The molecule has 0 aliphatic carbocycles. The highest BCUT2D eigenvalue weighted by atomic mass is 35.5. The Morgan fingerprint density at radius 3 is 1.93 bits per heavy atom. The molecule has 0 heterocycles. The van der Waals surface area contributed by atoms with Crippen LogP contribution in [0, 0.1) is 0 Å². The third-order valence-corrected chi connectivity index (χ3v) is 2.29. The van der Waals surface area contributed by atoms with E-state index in [4.69, 9.17) is 11.6 Å². The topological polar surface area (TPSA) is 31.5 Å². The molecule has 1 nitrogen and oxygen atoms in total. The van der Waals surface area contributed by atoms with E-state index in [0.717, 1.165) is 16.1 Å². The average Bonchev–Trinajstić information content (AvgIpc) is 2.20. The first-order valence-corrected chi connectivity index (χ1v) is 4.55. The fourth-order valence-electron chi connectivity index (χ4n) is 1.31. The van der Waals surface area contributed by atoms with Gasteiger partial charge in [-0.05, 0) is 11.6 Å². The molecule has 0 saturated heterocycles. The third-order valence-electron chi connectivity index (χ3n) is 1.96. The van der Waals surface area contributed by atoms with Crippen LogP contribution in [0.2, 0.25) is 5.02 Å². The van der Waals surface area contributed by atoms with Crippen molar-refractivity contribution in [3.05, 3.63) is 59.6 Å². The molecule has 72 valence electrons. The summed E-state index contributed by atoms with van der Waals surface area (Å²) in [6, 6.07) is 18.0. The summed E-state index contributed by atoms with van der Waals surface area (Å²) in [5.41, 5.74) is 2.25. The summed E-state index contributed by atoms with van der Waals surface area (Å²) in [6.45, 7) is 0. The molecule has 0 aromatic heterocycles. The molecule has 0 fully saturated rings. The van der Waals surface area contributed by atoms with E-state index in [9.17, 15) is 0 Å². The predicted octanol–water partition coefficient (Wildman–Crippen LogP) is 3.18. The van der Waals surface area contributed by atoms with Gasteiger partial charge in [0.1, 0.15) is 0 Å². The van der Waals surface area contributed by atoms with Crippen LogP contribution in [0.4, 0.5) is 0 Å². The van der Waals surface area contributed by atoms with Gasteiger partial charge in [0.15, 0.2) is 0 Å². The van der Waals surface area contributed by atoms with Crippen molar-refractivity contribution in [2.24, 2.45) is 0 Å². The lowest BCUT2D eigenvalue weighted by molar-refractivity contribution is 0.824. The predicted molar refractivity (Wildman–Crippen MR) is 60.5 cm³/mol. The largest absolute Gasteiger partial charge is 0.412 e. The highest BCUT2D eigenvalue weighted by molar-refractivity contribution is 6.33. The van der Waals surface area contributed by atoms with Crippen molar-refractivity contribution in [3.63, 3.8) is 0 Å². The fraction of sp³-hybridized carbons (Fsp3) is 0. The van der Waals surface area contributed by atoms with E-state index in [1.54, 1.807) is 0 Å². The second-order valence-electron chi connectivity index (χ2n) is 2.85. The van der Waals surface area contributed by atoms with Crippen LogP contribution >= 0.6 is 11.6 Å². The summed E-state index contributed by atoms with van der Waals surface area (Å²) in [5, 5.41) is 0.800. The molecule has 0 atom stereocenters. The lowest BCUT2D eigenvalue weighted by Gasteiger charge is -2.02. The minimum Gasteiger partial charge on any atom is -0.412 e. The molecule has 2 aromatic rings. The maximum Gasteiger partial charge on any atom is 0.0484 e. The van der Waals surface area contributed by atoms with Crippen LogP contribution in [0.3, 0.4) is 0 Å². The lowest BCUT2D eigenvalue weighted by atomic mass is 10.1. The molecule has 0 aliphatic heterocycles. The first kappa shape index (κ1) is 10.8. The Balaban J connectivity index is 0.000000980. The zero-order valence-corrected chi connectivity index (χ0v) is 8.33. The van der Waals surface area contributed by atoms with Crippen molar-refractivity contribution in [2.45, 2.75) is 0 Å². The van der Waals surface area contributed by atoms with Crippen molar-refractivity contribution >= 4 is 11.6 Å². The monoisotopic (exact) mass is 206 g/mol. The van der Waals surface area contributed by atoms with Crippen LogP contribution < -0.4 is 0 Å². The molecule has 2 aromatic carbocycles. The van der Waals surface area contributed by atoms with Crippen LogP contribution in [0.1, 0.15) is 0 Å². The molecule has 0 radical (unpaired) electrons. The second kappa shape index (κ2) is 4.80. The smallest absolute Gasteiger partial charge is 0.0484 e. The Bertz CT molecular complexity index is 398. The Morgan fingerprint density at radius 2 is 1.29 bits per heavy atom. The number of benzene rings is 2. The van der Waals surface area contributed by atoms with Crippen LogP contribution in [0.5, 0.6) is 0 Å². The van der Waals surface area contributed by atoms with Crippen molar-refractivity contribution in [1.82, 2.24) is 0 Å². The summed E-state index contributed by atoms with van der Waals surface area (Å²) < 4.78 is 0. The first-order valence-electron chi connectivity index (χ1n) is 4.18. The minimum absolute atomic E-state index is 0. The highest BCUT2D eigenvalue weighted by Crippen LogP contribution is 2.26. The number of halogens is 1. The molecule has 0 spiro atoms. The van der Waals surface area contributed by atoms with Crippen molar-refractivity contribution in [2.75, 3.05) is 0 Å². The number of rotatable bonds is 1. The first-order chi connectivity index (χ1) is 6.38. The lowest BCUT2D eigenvalue weighted by Crippen LogP contribution is -1.77. The molecular formula is C12H11ClO. The molecule has 2 heteroatoms. The Hall–Kier alpha value is -1.31. The van der Waals surface area contributed by atoms with E-state index in [2.05, 4.69) is 12.1 Å². The van der Waals surface area contributed by atoms with Gasteiger partial charge in [0.2, 0.25) is 0 Å². The minimum atomic E-state index is 0. The zero-order chi connectivity index (χ0) is 9.10. The van der Waals surface area contributed by atoms with E-state index in [1.165, 1.54) is 0 Å². The molecule has 0 saturated carbocycles. The molecule has 0 bridgehead atoms. The van der Waals surface area contributed by atoms with Gasteiger partial charge in [-0.3, -0.25) is 0 Å². The quantitative estimate of drug-likeness (QED) is 0.687. The Labute approximate surface area is 88.3 Å². The summed E-state index contributed by atoms with van der Waals surface area (Å²) >= 11 is 6.06. The van der Waals surface area contributed by atoms with E-state index in [-0.39, 0.29) is 5.48 Å². The number of hydrogen-bond donors (Lipinski definition) is 0. The van der Waals surface area contributed by atoms with Crippen LogP contribution in [0.15, 0.2) is 54.6 Å². The van der Waals surface area contributed by atoms with E-state index in [0.29, 0.717) is 0 Å². The highest BCUT2D eigenvalue weighted by Gasteiger charge is 1.99. The van der Waals surface area contributed by atoms with Gasteiger partial charge in [-0.25, -0.2) is 0 Å². The Kier molecular flexibility index (Phi) is 3.69. The van der Waals surface area contributed by atoms with E-state index < -0.39 is 0 Å². The normalized spacial score (nSPS) is 9.21. The maximum absolute atomic E-state index is 6.06. The summed E-state index contributed by atoms with van der Waals surface area (Å²) in [5.74, 6) is 0. The summed E-state index contributed by atoms with van der Waals surface area (Å²) in [7, 11) is 0. The van der Waals surface area contributed by atoms with E-state index in [1.807, 2.05) is 42.5 Å². The maximum atomic E-state index is 6.06. The standard InChI is InChI=1S/C12H9Cl.H2O/c13-12-9-5-4-8-11(12)10-6-2-1-3-7-10;/h1-9H;1H2. The van der Waals surface area contributed by atoms with E-state index >= 15 is 0 Å². The van der Waals surface area contributed by atoms with Gasteiger partial charge in [0.05, 0.1) is 0 Å². The molecule has 0 amide bonds. The summed E-state index contributed by atoms with van der Waals surface area (Å²) in [6.07, 6.45) is 0. The van der Waals surface area contributed by atoms with Crippen molar-refractivity contribution in [3.8, 4) is 11.1 Å². The molecule has 14 heavy (non-hydrogen) atoms.